The molecule has 1 aromatic carbocycles. The lowest BCUT2D eigenvalue weighted by Gasteiger charge is -2.12. The smallest absolute Gasteiger partial charge is 0.191 e. The molecule has 0 fully saturated rings. The van der Waals surface area contributed by atoms with Crippen LogP contribution in [0.2, 0.25) is 0 Å². The zero-order valence-corrected chi connectivity index (χ0v) is 17.0. The maximum atomic E-state index is 5.79. The van der Waals surface area contributed by atoms with Gasteiger partial charge in [0.25, 0.3) is 0 Å². The molecule has 2 rings (SSSR count). The molecule has 0 amide bonds. The summed E-state index contributed by atoms with van der Waals surface area (Å²) in [4.78, 5) is 9.17. The Morgan fingerprint density at radius 2 is 2.15 bits per heavy atom. The van der Waals surface area contributed by atoms with Crippen LogP contribution in [0.15, 0.2) is 34.6 Å². The van der Waals surface area contributed by atoms with E-state index in [1.807, 2.05) is 19.1 Å². The second-order valence-electron chi connectivity index (χ2n) is 6.58. The number of hydrogen-bond donors (Lipinski definition) is 2. The Hall–Kier alpha value is -2.08. The van der Waals surface area contributed by atoms with Crippen molar-refractivity contribution < 1.29 is 4.74 Å². The highest BCUT2D eigenvalue weighted by Crippen LogP contribution is 2.15. The molecule has 2 aromatic rings. The van der Waals surface area contributed by atoms with E-state index in [4.69, 9.17) is 4.74 Å². The van der Waals surface area contributed by atoms with E-state index in [1.165, 1.54) is 0 Å². The number of ether oxygens (including phenoxy) is 1. The molecule has 0 unspecified atom stereocenters. The minimum Gasteiger partial charge on any atom is -0.493 e. The van der Waals surface area contributed by atoms with Gasteiger partial charge in [0.2, 0.25) is 0 Å². The van der Waals surface area contributed by atoms with Crippen LogP contribution < -0.4 is 15.4 Å². The lowest BCUT2D eigenvalue weighted by atomic mass is 10.2. The summed E-state index contributed by atoms with van der Waals surface area (Å²) < 4.78 is 5.79. The Morgan fingerprint density at radius 1 is 1.31 bits per heavy atom. The number of rotatable bonds is 9. The Kier molecular flexibility index (Phi) is 8.41. The van der Waals surface area contributed by atoms with Crippen molar-refractivity contribution in [2.24, 2.45) is 10.9 Å². The minimum absolute atomic E-state index is 0.516. The van der Waals surface area contributed by atoms with Gasteiger partial charge in [0.15, 0.2) is 5.96 Å². The Morgan fingerprint density at radius 3 is 2.85 bits per heavy atom. The number of guanidine groups is 1. The molecule has 1 heterocycles. The van der Waals surface area contributed by atoms with E-state index in [1.54, 1.807) is 11.3 Å². The minimum atomic E-state index is 0.516. The van der Waals surface area contributed by atoms with Gasteiger partial charge in [0, 0.05) is 24.9 Å². The van der Waals surface area contributed by atoms with Gasteiger partial charge in [-0.3, -0.25) is 0 Å². The molecule has 2 N–H and O–H groups in total. The van der Waals surface area contributed by atoms with Gasteiger partial charge in [-0.2, -0.15) is 0 Å². The average molecular weight is 375 g/mol. The largest absolute Gasteiger partial charge is 0.493 e. The van der Waals surface area contributed by atoms with E-state index < -0.39 is 0 Å². The van der Waals surface area contributed by atoms with Crippen molar-refractivity contribution in [2.75, 3.05) is 19.7 Å². The highest BCUT2D eigenvalue weighted by molar-refractivity contribution is 7.09. The van der Waals surface area contributed by atoms with Crippen molar-refractivity contribution in [2.45, 2.75) is 40.7 Å². The first-order chi connectivity index (χ1) is 12.6. The SMILES string of the molecule is CCNC(=NCc1cccc(OCC(C)C)c1)NCCc1csc(C)n1. The van der Waals surface area contributed by atoms with Gasteiger partial charge in [0.05, 0.1) is 23.9 Å². The molecule has 0 atom stereocenters. The highest BCUT2D eigenvalue weighted by atomic mass is 32.1. The predicted octanol–water partition coefficient (Wildman–Crippen LogP) is 3.78. The van der Waals surface area contributed by atoms with E-state index >= 15 is 0 Å². The molecule has 0 aliphatic heterocycles. The summed E-state index contributed by atoms with van der Waals surface area (Å²) in [6.07, 6.45) is 0.896. The average Bonchev–Trinajstić information content (AvgIpc) is 3.03. The first-order valence-electron chi connectivity index (χ1n) is 9.21. The van der Waals surface area contributed by atoms with Gasteiger partial charge >= 0.3 is 0 Å². The topological polar surface area (TPSA) is 58.5 Å². The number of nitrogens with one attached hydrogen (secondary N) is 2. The number of aromatic nitrogens is 1. The van der Waals surface area contributed by atoms with Crippen molar-refractivity contribution in [1.29, 1.82) is 0 Å². The standard InChI is InChI=1S/C20H30N4OS/c1-5-21-20(22-10-9-18-14-26-16(4)24-18)23-12-17-7-6-8-19(11-17)25-13-15(2)3/h6-8,11,14-15H,5,9-10,12-13H2,1-4H3,(H2,21,22,23). The van der Waals surface area contributed by atoms with Crippen LogP contribution in [0.1, 0.15) is 37.0 Å². The summed E-state index contributed by atoms with van der Waals surface area (Å²) in [6.45, 7) is 11.4. The Labute approximate surface area is 160 Å². The predicted molar refractivity (Wildman–Crippen MR) is 110 cm³/mol. The van der Waals surface area contributed by atoms with Crippen LogP contribution in [0, 0.1) is 12.8 Å². The van der Waals surface area contributed by atoms with E-state index in [-0.39, 0.29) is 0 Å². The second-order valence-corrected chi connectivity index (χ2v) is 7.64. The monoisotopic (exact) mass is 374 g/mol. The van der Waals surface area contributed by atoms with E-state index in [0.717, 1.165) is 54.1 Å². The molecule has 142 valence electrons. The Balaban J connectivity index is 1.88. The fourth-order valence-electron chi connectivity index (χ4n) is 2.34. The summed E-state index contributed by atoms with van der Waals surface area (Å²) in [7, 11) is 0. The molecule has 0 aliphatic rings. The lowest BCUT2D eigenvalue weighted by molar-refractivity contribution is 0.271. The molecule has 0 saturated carbocycles. The Bertz CT molecular complexity index is 697. The number of thiazole rings is 1. The highest BCUT2D eigenvalue weighted by Gasteiger charge is 2.02. The van der Waals surface area contributed by atoms with Crippen LogP contribution in [0.25, 0.3) is 0 Å². The van der Waals surface area contributed by atoms with E-state index in [2.05, 4.69) is 58.9 Å². The summed E-state index contributed by atoms with van der Waals surface area (Å²) >= 11 is 1.69. The van der Waals surface area contributed by atoms with Crippen molar-refractivity contribution in [3.05, 3.63) is 45.9 Å². The van der Waals surface area contributed by atoms with Crippen LogP contribution in [0.4, 0.5) is 0 Å². The first-order valence-corrected chi connectivity index (χ1v) is 10.1. The molecular formula is C20H30N4OS. The summed E-state index contributed by atoms with van der Waals surface area (Å²) in [5, 5.41) is 9.89. The number of aliphatic imine (C=N–C) groups is 1. The van der Waals surface area contributed by atoms with Gasteiger partial charge in [-0.25, -0.2) is 9.98 Å². The molecule has 0 radical (unpaired) electrons. The summed E-state index contributed by atoms with van der Waals surface area (Å²) in [5.41, 5.74) is 2.27. The molecule has 0 bridgehead atoms. The molecule has 0 aliphatic carbocycles. The summed E-state index contributed by atoms with van der Waals surface area (Å²) in [5.74, 6) is 2.25. The first kappa shape index (κ1) is 20.2. The third-order valence-electron chi connectivity index (χ3n) is 3.59. The number of benzene rings is 1. The quantitative estimate of drug-likeness (QED) is 0.518. The van der Waals surface area contributed by atoms with Gasteiger partial charge in [-0.15, -0.1) is 11.3 Å². The van der Waals surface area contributed by atoms with Crippen molar-refractivity contribution in [3.63, 3.8) is 0 Å². The fourth-order valence-corrected chi connectivity index (χ4v) is 2.99. The molecular weight excluding hydrogens is 344 g/mol. The van der Waals surface area contributed by atoms with Gasteiger partial charge in [-0.1, -0.05) is 26.0 Å². The fraction of sp³-hybridized carbons (Fsp3) is 0.500. The van der Waals surface area contributed by atoms with E-state index in [9.17, 15) is 0 Å². The molecule has 6 heteroatoms. The van der Waals surface area contributed by atoms with Crippen LogP contribution in [0.5, 0.6) is 5.75 Å². The van der Waals surface area contributed by atoms with Gasteiger partial charge in [0.1, 0.15) is 5.75 Å². The molecule has 1 aromatic heterocycles. The molecule has 5 nitrogen and oxygen atoms in total. The zero-order chi connectivity index (χ0) is 18.8. The van der Waals surface area contributed by atoms with Crippen molar-refractivity contribution in [1.82, 2.24) is 15.6 Å². The van der Waals surface area contributed by atoms with Crippen molar-refractivity contribution in [3.8, 4) is 5.75 Å². The number of nitrogens with zero attached hydrogens (tertiary/aromatic N) is 2. The lowest BCUT2D eigenvalue weighted by Crippen LogP contribution is -2.38. The van der Waals surface area contributed by atoms with Crippen molar-refractivity contribution >= 4 is 17.3 Å². The third kappa shape index (κ3) is 7.44. The maximum absolute atomic E-state index is 5.79. The van der Waals surface area contributed by atoms with E-state index in [0.29, 0.717) is 12.5 Å². The van der Waals surface area contributed by atoms with Gasteiger partial charge in [-0.05, 0) is 37.5 Å². The third-order valence-corrected chi connectivity index (χ3v) is 4.41. The number of aryl methyl sites for hydroxylation is 1. The number of hydrogen-bond acceptors (Lipinski definition) is 4. The van der Waals surface area contributed by atoms with Gasteiger partial charge < -0.3 is 15.4 Å². The zero-order valence-electron chi connectivity index (χ0n) is 16.2. The van der Waals surface area contributed by atoms with Crippen LogP contribution >= 0.6 is 11.3 Å². The maximum Gasteiger partial charge on any atom is 0.191 e. The molecule has 0 saturated heterocycles. The summed E-state index contributed by atoms with van der Waals surface area (Å²) in [6, 6.07) is 8.15. The second kappa shape index (κ2) is 10.8. The molecule has 26 heavy (non-hydrogen) atoms. The molecule has 0 spiro atoms. The van der Waals surface area contributed by atoms with Crippen LogP contribution in [-0.4, -0.2) is 30.6 Å². The van der Waals surface area contributed by atoms with Crippen LogP contribution in [-0.2, 0) is 13.0 Å². The normalized spacial score (nSPS) is 11.7. The van der Waals surface area contributed by atoms with Crippen LogP contribution in [0.3, 0.4) is 0 Å².